The molecule has 0 radical (unpaired) electrons. The van der Waals surface area contributed by atoms with Gasteiger partial charge in [-0.05, 0) is 26.0 Å². The van der Waals surface area contributed by atoms with Gasteiger partial charge >= 0.3 is 0 Å². The van der Waals surface area contributed by atoms with Crippen molar-refractivity contribution in [3.8, 4) is 23.8 Å². The first-order valence-electron chi connectivity index (χ1n) is 4.99. The number of carbonyl (C=O) groups excluding carboxylic acids is 1. The fourth-order valence-electron chi connectivity index (χ4n) is 1.18. The molecule has 84 valence electrons. The maximum Gasteiger partial charge on any atom is 0.153 e. The van der Waals surface area contributed by atoms with E-state index in [0.717, 1.165) is 6.29 Å². The van der Waals surface area contributed by atoms with Crippen LogP contribution in [0.25, 0.3) is 0 Å². The molecule has 0 fully saturated rings. The summed E-state index contributed by atoms with van der Waals surface area (Å²) in [5.74, 6) is 3.48. The number of benzene rings is 1. The van der Waals surface area contributed by atoms with Gasteiger partial charge < -0.3 is 9.47 Å². The van der Waals surface area contributed by atoms with Crippen molar-refractivity contribution in [3.63, 3.8) is 0 Å². The normalized spacial score (nSPS) is 9.62. The third kappa shape index (κ3) is 3.32. The van der Waals surface area contributed by atoms with Gasteiger partial charge in [0, 0.05) is 6.07 Å². The van der Waals surface area contributed by atoms with Gasteiger partial charge in [0.1, 0.15) is 18.1 Å². The molecule has 0 aliphatic rings. The number of carbonyl (C=O) groups is 1. The number of aldehydes is 1. The smallest absolute Gasteiger partial charge is 0.153 e. The third-order valence-corrected chi connectivity index (χ3v) is 1.80. The molecule has 0 amide bonds. The van der Waals surface area contributed by atoms with E-state index >= 15 is 0 Å². The van der Waals surface area contributed by atoms with Gasteiger partial charge in [0.15, 0.2) is 6.29 Å². The second-order valence-electron chi connectivity index (χ2n) is 3.48. The van der Waals surface area contributed by atoms with Gasteiger partial charge in [0.25, 0.3) is 0 Å². The largest absolute Gasteiger partial charge is 0.490 e. The molecule has 3 heteroatoms. The standard InChI is InChI=1S/C13H14O3/c1-4-7-15-12-6-5-11(9-14)13(8-12)16-10(2)3/h1,5-6,8-10H,7H2,2-3H3. The van der Waals surface area contributed by atoms with Crippen molar-refractivity contribution in [1.29, 1.82) is 0 Å². The van der Waals surface area contributed by atoms with Crippen LogP contribution in [0.4, 0.5) is 0 Å². The Morgan fingerprint density at radius 3 is 2.81 bits per heavy atom. The highest BCUT2D eigenvalue weighted by molar-refractivity contribution is 5.79. The highest BCUT2D eigenvalue weighted by Gasteiger charge is 2.06. The molecule has 0 unspecified atom stereocenters. The maximum absolute atomic E-state index is 10.8. The average molecular weight is 218 g/mol. The van der Waals surface area contributed by atoms with E-state index in [9.17, 15) is 4.79 Å². The van der Waals surface area contributed by atoms with E-state index in [1.54, 1.807) is 18.2 Å². The summed E-state index contributed by atoms with van der Waals surface area (Å²) in [6.45, 7) is 3.98. The van der Waals surface area contributed by atoms with Crippen molar-refractivity contribution < 1.29 is 14.3 Å². The Morgan fingerprint density at radius 1 is 1.50 bits per heavy atom. The van der Waals surface area contributed by atoms with Crippen LogP contribution in [-0.4, -0.2) is 19.0 Å². The zero-order valence-corrected chi connectivity index (χ0v) is 9.40. The van der Waals surface area contributed by atoms with Crippen LogP contribution < -0.4 is 9.47 Å². The second kappa shape index (κ2) is 5.82. The minimum absolute atomic E-state index is 0.00147. The molecule has 0 aliphatic heterocycles. The van der Waals surface area contributed by atoms with Gasteiger partial charge in [-0.15, -0.1) is 6.42 Å². The van der Waals surface area contributed by atoms with Crippen molar-refractivity contribution in [2.45, 2.75) is 20.0 Å². The first-order chi connectivity index (χ1) is 7.67. The Bertz CT molecular complexity index is 402. The van der Waals surface area contributed by atoms with Gasteiger partial charge in [0.05, 0.1) is 11.7 Å². The minimum Gasteiger partial charge on any atom is -0.490 e. The van der Waals surface area contributed by atoms with Crippen molar-refractivity contribution >= 4 is 6.29 Å². The number of rotatable bonds is 5. The van der Waals surface area contributed by atoms with Crippen molar-refractivity contribution in [2.24, 2.45) is 0 Å². The summed E-state index contributed by atoms with van der Waals surface area (Å²) in [6.07, 6.45) is 5.84. The van der Waals surface area contributed by atoms with Crippen molar-refractivity contribution in [3.05, 3.63) is 23.8 Å². The SMILES string of the molecule is C#CCOc1ccc(C=O)c(OC(C)C)c1. The molecule has 1 aromatic rings. The second-order valence-corrected chi connectivity index (χ2v) is 3.48. The third-order valence-electron chi connectivity index (χ3n) is 1.80. The lowest BCUT2D eigenvalue weighted by atomic mass is 10.2. The van der Waals surface area contributed by atoms with Gasteiger partial charge in [-0.1, -0.05) is 5.92 Å². The molecule has 1 rings (SSSR count). The molecule has 0 aromatic heterocycles. The quantitative estimate of drug-likeness (QED) is 0.562. The fourth-order valence-corrected chi connectivity index (χ4v) is 1.18. The van der Waals surface area contributed by atoms with Gasteiger partial charge in [-0.2, -0.15) is 0 Å². The monoisotopic (exact) mass is 218 g/mol. The minimum atomic E-state index is 0.00147. The van der Waals surface area contributed by atoms with Crippen LogP contribution in [0.1, 0.15) is 24.2 Å². The lowest BCUT2D eigenvalue weighted by Crippen LogP contribution is -2.07. The predicted octanol–water partition coefficient (Wildman–Crippen LogP) is 2.30. The zero-order valence-electron chi connectivity index (χ0n) is 9.40. The molecule has 3 nitrogen and oxygen atoms in total. The van der Waals surface area contributed by atoms with Crippen LogP contribution >= 0.6 is 0 Å². The molecule has 1 aromatic carbocycles. The topological polar surface area (TPSA) is 35.5 Å². The summed E-state index contributed by atoms with van der Waals surface area (Å²) in [6, 6.07) is 5.01. The lowest BCUT2D eigenvalue weighted by Gasteiger charge is -2.13. The number of hydrogen-bond donors (Lipinski definition) is 0. The lowest BCUT2D eigenvalue weighted by molar-refractivity contribution is 0.111. The summed E-state index contributed by atoms with van der Waals surface area (Å²) in [7, 11) is 0. The van der Waals surface area contributed by atoms with Crippen LogP contribution in [-0.2, 0) is 0 Å². The molecule has 0 spiro atoms. The Morgan fingerprint density at radius 2 is 2.25 bits per heavy atom. The Labute approximate surface area is 95.4 Å². The van der Waals surface area contributed by atoms with E-state index in [1.807, 2.05) is 13.8 Å². The first-order valence-corrected chi connectivity index (χ1v) is 4.99. The average Bonchev–Trinajstić information content (AvgIpc) is 2.26. The Balaban J connectivity index is 2.92. The van der Waals surface area contributed by atoms with Gasteiger partial charge in [-0.25, -0.2) is 0 Å². The molecule has 0 bridgehead atoms. The van der Waals surface area contributed by atoms with Crippen LogP contribution in [0, 0.1) is 12.3 Å². The van der Waals surface area contributed by atoms with Crippen LogP contribution in [0.5, 0.6) is 11.5 Å². The number of terminal acetylenes is 1. The predicted molar refractivity (Wildman–Crippen MR) is 61.9 cm³/mol. The highest BCUT2D eigenvalue weighted by atomic mass is 16.5. The molecule has 0 saturated carbocycles. The maximum atomic E-state index is 10.8. The van der Waals surface area contributed by atoms with E-state index in [0.29, 0.717) is 17.1 Å². The summed E-state index contributed by atoms with van der Waals surface area (Å²) in [5.41, 5.74) is 0.502. The molecule has 0 saturated heterocycles. The zero-order chi connectivity index (χ0) is 12.0. The summed E-state index contributed by atoms with van der Waals surface area (Å²) in [5, 5.41) is 0. The first kappa shape index (κ1) is 12.1. The Kier molecular flexibility index (Phi) is 4.41. The summed E-state index contributed by atoms with van der Waals surface area (Å²) in [4.78, 5) is 10.8. The van der Waals surface area contributed by atoms with E-state index in [-0.39, 0.29) is 12.7 Å². The van der Waals surface area contributed by atoms with Crippen molar-refractivity contribution in [2.75, 3.05) is 6.61 Å². The van der Waals surface area contributed by atoms with Crippen LogP contribution in [0.3, 0.4) is 0 Å². The van der Waals surface area contributed by atoms with E-state index in [1.165, 1.54) is 0 Å². The highest BCUT2D eigenvalue weighted by Crippen LogP contribution is 2.24. The summed E-state index contributed by atoms with van der Waals surface area (Å²) >= 11 is 0. The number of hydrogen-bond acceptors (Lipinski definition) is 3. The molecular formula is C13H14O3. The van der Waals surface area contributed by atoms with Gasteiger partial charge in [-0.3, -0.25) is 4.79 Å². The van der Waals surface area contributed by atoms with E-state index in [2.05, 4.69) is 5.92 Å². The summed E-state index contributed by atoms with van der Waals surface area (Å²) < 4.78 is 10.7. The molecule has 0 aliphatic carbocycles. The molecule has 0 atom stereocenters. The van der Waals surface area contributed by atoms with E-state index in [4.69, 9.17) is 15.9 Å². The van der Waals surface area contributed by atoms with Gasteiger partial charge in [0.2, 0.25) is 0 Å². The Hall–Kier alpha value is -1.95. The molecule has 0 heterocycles. The van der Waals surface area contributed by atoms with Crippen LogP contribution in [0.15, 0.2) is 18.2 Å². The van der Waals surface area contributed by atoms with E-state index < -0.39 is 0 Å². The van der Waals surface area contributed by atoms with Crippen molar-refractivity contribution in [1.82, 2.24) is 0 Å². The molecule has 16 heavy (non-hydrogen) atoms. The molecule has 0 N–H and O–H groups in total. The number of ether oxygens (including phenoxy) is 2. The van der Waals surface area contributed by atoms with Crippen LogP contribution in [0.2, 0.25) is 0 Å². The molecular weight excluding hydrogens is 204 g/mol. The fraction of sp³-hybridized carbons (Fsp3) is 0.308.